The molecule has 0 saturated heterocycles. The van der Waals surface area contributed by atoms with E-state index in [0.717, 1.165) is 0 Å². The van der Waals surface area contributed by atoms with Crippen molar-refractivity contribution in [2.45, 2.75) is 11.8 Å². The van der Waals surface area contributed by atoms with E-state index < -0.39 is 0 Å². The van der Waals surface area contributed by atoms with Crippen molar-refractivity contribution in [1.82, 2.24) is 0 Å². The van der Waals surface area contributed by atoms with Crippen LogP contribution in [0.5, 0.6) is 0 Å². The van der Waals surface area contributed by atoms with E-state index in [2.05, 4.69) is 158 Å². The average molecular weight is 774 g/mol. The topological polar surface area (TPSA) is 0 Å². The van der Waals surface area contributed by atoms with E-state index in [0.29, 0.717) is 0 Å². The van der Waals surface area contributed by atoms with E-state index in [9.17, 15) is 0 Å². The van der Waals surface area contributed by atoms with Crippen LogP contribution in [0.25, 0.3) is 0 Å². The molecule has 2 aliphatic rings. The summed E-state index contributed by atoms with van der Waals surface area (Å²) in [5.74, 6) is 3.05. The predicted octanol–water partition coefficient (Wildman–Crippen LogP) is 3.32. The molecule has 0 atom stereocenters. The molecule has 0 N–H and O–H groups in total. The van der Waals surface area contributed by atoms with Crippen LogP contribution in [0.1, 0.15) is 67.5 Å². The Morgan fingerprint density at radius 1 is 0.286 bits per heavy atom. The monoisotopic (exact) mass is 774 g/mol. The maximum atomic E-state index is 2.36. The summed E-state index contributed by atoms with van der Waals surface area (Å²) in [6.07, 6.45) is 0. The zero-order chi connectivity index (χ0) is 26.5. The molecule has 0 spiro atoms. The van der Waals surface area contributed by atoms with Gasteiger partial charge in [0.2, 0.25) is 0 Å². The third kappa shape index (κ3) is 5.36. The Bertz CT molecular complexity index is 1590. The summed E-state index contributed by atoms with van der Waals surface area (Å²) in [4.78, 5) is 0. The van der Waals surface area contributed by atoms with Gasteiger partial charge in [0.1, 0.15) is 0 Å². The SMILES string of the molecule is [Cs+].[Cs+].c1ccc([C-]2c3ccccc3C(C3c4ccccc4[C-](c4ccccc4)c4ccccc43)c3ccccc32)cc1. The third-order valence-electron chi connectivity index (χ3n) is 8.72. The molecule has 0 aliphatic heterocycles. The Morgan fingerprint density at radius 3 is 0.810 bits per heavy atom. The molecule has 2 heteroatoms. The first-order valence-corrected chi connectivity index (χ1v) is 14.1. The predicted molar refractivity (Wildman–Crippen MR) is 163 cm³/mol. The average Bonchev–Trinajstić information content (AvgIpc) is 3.03. The molecule has 42 heavy (non-hydrogen) atoms. The van der Waals surface area contributed by atoms with E-state index >= 15 is 0 Å². The third-order valence-corrected chi connectivity index (χ3v) is 8.72. The van der Waals surface area contributed by atoms with Crippen molar-refractivity contribution in [3.8, 4) is 0 Å². The van der Waals surface area contributed by atoms with Gasteiger partial charge >= 0.3 is 138 Å². The van der Waals surface area contributed by atoms with Crippen LogP contribution in [0.15, 0.2) is 158 Å². The Balaban J connectivity index is 0.00000158. The van der Waals surface area contributed by atoms with Crippen LogP contribution in [-0.2, 0) is 0 Å². The van der Waals surface area contributed by atoms with Gasteiger partial charge in [-0.25, -0.2) is 0 Å². The molecule has 0 aromatic heterocycles. The number of rotatable bonds is 3. The number of hydrogen-bond donors (Lipinski definition) is 0. The summed E-state index contributed by atoms with van der Waals surface area (Å²) < 4.78 is 0. The van der Waals surface area contributed by atoms with Gasteiger partial charge in [-0.3, -0.25) is 0 Å². The Morgan fingerprint density at radius 2 is 0.524 bits per heavy atom. The van der Waals surface area contributed by atoms with Crippen molar-refractivity contribution in [3.63, 3.8) is 0 Å². The quantitative estimate of drug-likeness (QED) is 0.243. The molecular formula is C40H28Cs2. The molecule has 0 heterocycles. The summed E-state index contributed by atoms with van der Waals surface area (Å²) in [5, 5.41) is 0. The van der Waals surface area contributed by atoms with Gasteiger partial charge in [0.25, 0.3) is 0 Å². The van der Waals surface area contributed by atoms with Crippen LogP contribution in [0.4, 0.5) is 0 Å². The Kier molecular flexibility index (Phi) is 10.1. The maximum absolute atomic E-state index is 2.36. The van der Waals surface area contributed by atoms with Gasteiger partial charge in [-0.2, -0.15) is 0 Å². The minimum atomic E-state index is 0. The van der Waals surface area contributed by atoms with Gasteiger partial charge in [0.05, 0.1) is 0 Å². The number of benzene rings is 6. The van der Waals surface area contributed by atoms with Gasteiger partial charge in [-0.15, -0.1) is 0 Å². The van der Waals surface area contributed by atoms with Crippen LogP contribution in [0.3, 0.4) is 0 Å². The molecule has 0 unspecified atom stereocenters. The molecule has 6 aromatic carbocycles. The normalized spacial score (nSPS) is 13.5. The minimum absolute atomic E-state index is 0. The Hall–Kier alpha value is -0.836. The second kappa shape index (κ2) is 13.7. The minimum Gasteiger partial charge on any atom is -0.0999 e. The summed E-state index contributed by atoms with van der Waals surface area (Å²) in [6, 6.07) is 58.1. The van der Waals surface area contributed by atoms with Gasteiger partial charge in [0.15, 0.2) is 0 Å². The molecule has 0 saturated carbocycles. The first-order valence-electron chi connectivity index (χ1n) is 14.1. The molecule has 190 valence electrons. The van der Waals surface area contributed by atoms with Gasteiger partial charge < -0.3 is 0 Å². The maximum Gasteiger partial charge on any atom is 1.00 e. The largest absolute Gasteiger partial charge is 1.00 e. The molecule has 0 bridgehead atoms. The first-order chi connectivity index (χ1) is 19.9. The first kappa shape index (κ1) is 31.2. The molecule has 0 radical (unpaired) electrons. The van der Waals surface area contributed by atoms with Crippen molar-refractivity contribution < 1.29 is 138 Å². The molecule has 0 nitrogen and oxygen atoms in total. The smallest absolute Gasteiger partial charge is 0.0999 e. The molecule has 0 amide bonds. The second-order valence-electron chi connectivity index (χ2n) is 10.8. The number of fused-ring (bicyclic) bond motifs is 4. The van der Waals surface area contributed by atoms with E-state index in [1.807, 2.05) is 0 Å². The summed E-state index contributed by atoms with van der Waals surface area (Å²) >= 11 is 0. The zero-order valence-electron chi connectivity index (χ0n) is 24.2. The van der Waals surface area contributed by atoms with Gasteiger partial charge in [0, 0.05) is 0 Å². The van der Waals surface area contributed by atoms with Crippen molar-refractivity contribution >= 4 is 0 Å². The fraction of sp³-hybridized carbons (Fsp3) is 0.0500. The fourth-order valence-corrected chi connectivity index (χ4v) is 7.16. The van der Waals surface area contributed by atoms with Crippen LogP contribution in [0.2, 0.25) is 0 Å². The van der Waals surface area contributed by atoms with Crippen molar-refractivity contribution in [1.29, 1.82) is 0 Å². The molecule has 6 aromatic rings. The molecular weight excluding hydrogens is 746 g/mol. The van der Waals surface area contributed by atoms with Crippen LogP contribution < -0.4 is 138 Å². The standard InChI is InChI=1S/C40H28.2Cs/c1-3-15-27(16-4-1)37-29-19-7-11-23-33(29)39(34-24-12-8-20-30(34)37)40-35-25-13-9-21-31(35)38(28-17-5-2-6-18-28)32-22-10-14-26-36(32)40;;/h1-26,39-40H;;/q-2;2*+1. The summed E-state index contributed by atoms with van der Waals surface area (Å²) in [7, 11) is 0. The van der Waals surface area contributed by atoms with Crippen LogP contribution >= 0.6 is 0 Å². The van der Waals surface area contributed by atoms with Crippen LogP contribution in [0, 0.1) is 11.8 Å². The van der Waals surface area contributed by atoms with E-state index in [1.54, 1.807) is 0 Å². The molecule has 8 rings (SSSR count). The van der Waals surface area contributed by atoms with Crippen molar-refractivity contribution in [2.75, 3.05) is 0 Å². The van der Waals surface area contributed by atoms with Crippen molar-refractivity contribution in [2.24, 2.45) is 0 Å². The van der Waals surface area contributed by atoms with Gasteiger partial charge in [-0.1, -0.05) is 225 Å². The van der Waals surface area contributed by atoms with Gasteiger partial charge in [-0.05, 0) is 11.8 Å². The summed E-state index contributed by atoms with van der Waals surface area (Å²) in [5.41, 5.74) is 13.5. The van der Waals surface area contributed by atoms with E-state index in [1.165, 1.54) is 67.5 Å². The Labute approximate surface area is 367 Å². The second-order valence-corrected chi connectivity index (χ2v) is 10.8. The van der Waals surface area contributed by atoms with Crippen LogP contribution in [-0.4, -0.2) is 0 Å². The fourth-order valence-electron chi connectivity index (χ4n) is 7.16. The van der Waals surface area contributed by atoms with Crippen molar-refractivity contribution in [3.05, 3.63) is 225 Å². The zero-order valence-corrected chi connectivity index (χ0v) is 36.7. The molecule has 2 aliphatic carbocycles. The van der Waals surface area contributed by atoms with E-state index in [-0.39, 0.29) is 150 Å². The van der Waals surface area contributed by atoms with E-state index in [4.69, 9.17) is 0 Å². The summed E-state index contributed by atoms with van der Waals surface area (Å²) in [6.45, 7) is 0. The molecule has 0 fully saturated rings. The number of hydrogen-bond acceptors (Lipinski definition) is 0.